The minimum absolute atomic E-state index is 0.0544. The molecule has 1 saturated carbocycles. The first-order valence-corrected chi connectivity index (χ1v) is 6.32. The zero-order valence-corrected chi connectivity index (χ0v) is 10.6. The van der Waals surface area contributed by atoms with Crippen LogP contribution in [0.15, 0.2) is 24.3 Å². The lowest BCUT2D eigenvalue weighted by molar-refractivity contribution is 0.104. The molecular formula is C14H21FN2. The molecule has 2 nitrogen and oxygen atoms in total. The fraction of sp³-hybridized carbons (Fsp3) is 0.571. The van der Waals surface area contributed by atoms with Crippen LogP contribution in [-0.2, 0) is 0 Å². The van der Waals surface area contributed by atoms with E-state index in [0.29, 0.717) is 6.04 Å². The molecule has 2 unspecified atom stereocenters. The molecule has 0 aromatic heterocycles. The fourth-order valence-electron chi connectivity index (χ4n) is 2.34. The van der Waals surface area contributed by atoms with Crippen LogP contribution in [0.3, 0.4) is 0 Å². The molecule has 1 aromatic rings. The Labute approximate surface area is 103 Å². The van der Waals surface area contributed by atoms with E-state index in [0.717, 1.165) is 5.56 Å². The highest BCUT2D eigenvalue weighted by atomic mass is 19.1. The summed E-state index contributed by atoms with van der Waals surface area (Å²) in [5, 5.41) is 0. The summed E-state index contributed by atoms with van der Waals surface area (Å²) in [6, 6.07) is 7.43. The van der Waals surface area contributed by atoms with E-state index in [1.807, 2.05) is 0 Å². The van der Waals surface area contributed by atoms with Crippen molar-refractivity contribution in [2.75, 3.05) is 7.05 Å². The average Bonchev–Trinajstić information content (AvgIpc) is 2.25. The second-order valence-corrected chi connectivity index (χ2v) is 5.07. The number of rotatable bonds is 4. The van der Waals surface area contributed by atoms with E-state index in [9.17, 15) is 4.39 Å². The SMILES string of the molecule is CC(C(N)c1ccc(F)cc1)N(C)C1CCC1. The molecular weight excluding hydrogens is 215 g/mol. The molecule has 0 amide bonds. The van der Waals surface area contributed by atoms with Crippen LogP contribution in [0.4, 0.5) is 4.39 Å². The Bertz CT molecular complexity index is 359. The van der Waals surface area contributed by atoms with Gasteiger partial charge in [-0.25, -0.2) is 4.39 Å². The average molecular weight is 236 g/mol. The van der Waals surface area contributed by atoms with Gasteiger partial charge in [0.05, 0.1) is 0 Å². The molecule has 0 spiro atoms. The van der Waals surface area contributed by atoms with Gasteiger partial charge >= 0.3 is 0 Å². The van der Waals surface area contributed by atoms with Gasteiger partial charge in [-0.3, -0.25) is 4.90 Å². The number of hydrogen-bond acceptors (Lipinski definition) is 2. The van der Waals surface area contributed by atoms with E-state index in [2.05, 4.69) is 18.9 Å². The van der Waals surface area contributed by atoms with Gasteiger partial charge in [-0.1, -0.05) is 18.6 Å². The lowest BCUT2D eigenvalue weighted by atomic mass is 9.89. The standard InChI is InChI=1S/C14H21FN2/c1-10(17(2)13-4-3-5-13)14(16)11-6-8-12(15)9-7-11/h6-10,13-14H,3-5,16H2,1-2H3. The minimum atomic E-state index is -0.207. The highest BCUT2D eigenvalue weighted by molar-refractivity contribution is 5.21. The maximum absolute atomic E-state index is 12.9. The first kappa shape index (κ1) is 12.5. The van der Waals surface area contributed by atoms with Crippen molar-refractivity contribution >= 4 is 0 Å². The largest absolute Gasteiger partial charge is 0.323 e. The van der Waals surface area contributed by atoms with Crippen LogP contribution < -0.4 is 5.73 Å². The first-order chi connectivity index (χ1) is 8.09. The minimum Gasteiger partial charge on any atom is -0.323 e. The summed E-state index contributed by atoms with van der Waals surface area (Å²) in [5.74, 6) is -0.207. The Hall–Kier alpha value is -0.930. The number of benzene rings is 1. The van der Waals surface area contributed by atoms with Crippen molar-refractivity contribution in [3.8, 4) is 0 Å². The summed E-state index contributed by atoms with van der Waals surface area (Å²) < 4.78 is 12.9. The van der Waals surface area contributed by atoms with Gasteiger partial charge in [0.1, 0.15) is 5.82 Å². The molecule has 2 atom stereocenters. The Kier molecular flexibility index (Phi) is 3.79. The van der Waals surface area contributed by atoms with Crippen LogP contribution in [0, 0.1) is 5.82 Å². The molecule has 1 aliphatic carbocycles. The molecule has 3 heteroatoms. The Morgan fingerprint density at radius 2 is 1.88 bits per heavy atom. The van der Waals surface area contributed by atoms with Crippen LogP contribution in [0.2, 0.25) is 0 Å². The molecule has 1 fully saturated rings. The van der Waals surface area contributed by atoms with Gasteiger partial charge in [0.2, 0.25) is 0 Å². The normalized spacial score (nSPS) is 20.1. The van der Waals surface area contributed by atoms with Crippen molar-refractivity contribution in [1.82, 2.24) is 4.90 Å². The van der Waals surface area contributed by atoms with Gasteiger partial charge in [0, 0.05) is 18.1 Å². The van der Waals surface area contributed by atoms with Crippen LogP contribution in [-0.4, -0.2) is 24.0 Å². The number of likely N-dealkylation sites (N-methyl/N-ethyl adjacent to an activating group) is 1. The molecule has 94 valence electrons. The molecule has 17 heavy (non-hydrogen) atoms. The van der Waals surface area contributed by atoms with Crippen molar-refractivity contribution in [2.24, 2.45) is 5.73 Å². The molecule has 1 aliphatic rings. The zero-order valence-electron chi connectivity index (χ0n) is 10.6. The molecule has 1 aromatic carbocycles. The third-order valence-electron chi connectivity index (χ3n) is 4.07. The summed E-state index contributed by atoms with van der Waals surface area (Å²) in [6.45, 7) is 2.15. The Morgan fingerprint density at radius 3 is 2.35 bits per heavy atom. The topological polar surface area (TPSA) is 29.3 Å². The quantitative estimate of drug-likeness (QED) is 0.871. The van der Waals surface area contributed by atoms with E-state index in [1.165, 1.54) is 31.4 Å². The maximum Gasteiger partial charge on any atom is 0.123 e. The number of nitrogens with zero attached hydrogens (tertiary/aromatic N) is 1. The van der Waals surface area contributed by atoms with Crippen LogP contribution in [0.25, 0.3) is 0 Å². The van der Waals surface area contributed by atoms with Crippen molar-refractivity contribution in [3.63, 3.8) is 0 Å². The van der Waals surface area contributed by atoms with Crippen LogP contribution >= 0.6 is 0 Å². The summed E-state index contributed by atoms with van der Waals surface area (Å²) in [7, 11) is 2.14. The van der Waals surface area contributed by atoms with Crippen molar-refractivity contribution < 1.29 is 4.39 Å². The fourth-order valence-corrected chi connectivity index (χ4v) is 2.34. The number of nitrogens with two attached hydrogens (primary N) is 1. The van der Waals surface area contributed by atoms with Crippen molar-refractivity contribution in [3.05, 3.63) is 35.6 Å². The van der Waals surface area contributed by atoms with Gasteiger partial charge < -0.3 is 5.73 Å². The Morgan fingerprint density at radius 1 is 1.29 bits per heavy atom. The predicted molar refractivity (Wildman–Crippen MR) is 68.2 cm³/mol. The molecule has 0 radical (unpaired) electrons. The summed E-state index contributed by atoms with van der Waals surface area (Å²) in [4.78, 5) is 2.36. The highest BCUT2D eigenvalue weighted by Crippen LogP contribution is 2.28. The van der Waals surface area contributed by atoms with Crippen molar-refractivity contribution in [1.29, 1.82) is 0 Å². The van der Waals surface area contributed by atoms with Crippen LogP contribution in [0.1, 0.15) is 37.8 Å². The lowest BCUT2D eigenvalue weighted by Gasteiger charge is -2.40. The third-order valence-corrected chi connectivity index (χ3v) is 4.07. The van der Waals surface area contributed by atoms with E-state index >= 15 is 0 Å². The van der Waals surface area contributed by atoms with Gasteiger partial charge in [0.15, 0.2) is 0 Å². The van der Waals surface area contributed by atoms with E-state index in [-0.39, 0.29) is 17.9 Å². The zero-order chi connectivity index (χ0) is 12.4. The van der Waals surface area contributed by atoms with E-state index in [1.54, 1.807) is 12.1 Å². The second-order valence-electron chi connectivity index (χ2n) is 5.07. The third kappa shape index (κ3) is 2.67. The number of hydrogen-bond donors (Lipinski definition) is 1. The number of halogens is 1. The van der Waals surface area contributed by atoms with Gasteiger partial charge in [0.25, 0.3) is 0 Å². The van der Waals surface area contributed by atoms with Gasteiger partial charge in [-0.15, -0.1) is 0 Å². The molecule has 0 bridgehead atoms. The smallest absolute Gasteiger partial charge is 0.123 e. The molecule has 2 N–H and O–H groups in total. The molecule has 0 saturated heterocycles. The molecule has 0 heterocycles. The molecule has 0 aliphatic heterocycles. The van der Waals surface area contributed by atoms with Gasteiger partial charge in [-0.05, 0) is 44.5 Å². The van der Waals surface area contributed by atoms with E-state index in [4.69, 9.17) is 5.73 Å². The summed E-state index contributed by atoms with van der Waals surface area (Å²) >= 11 is 0. The van der Waals surface area contributed by atoms with Crippen molar-refractivity contribution in [2.45, 2.75) is 44.3 Å². The maximum atomic E-state index is 12.9. The monoisotopic (exact) mass is 236 g/mol. The van der Waals surface area contributed by atoms with Gasteiger partial charge in [-0.2, -0.15) is 0 Å². The Balaban J connectivity index is 2.02. The second kappa shape index (κ2) is 5.15. The van der Waals surface area contributed by atoms with Crippen LogP contribution in [0.5, 0.6) is 0 Å². The highest BCUT2D eigenvalue weighted by Gasteiger charge is 2.28. The first-order valence-electron chi connectivity index (χ1n) is 6.32. The van der Waals surface area contributed by atoms with E-state index < -0.39 is 0 Å². The predicted octanol–water partition coefficient (Wildman–Crippen LogP) is 2.70. The lowest BCUT2D eigenvalue weighted by Crippen LogP contribution is -2.47. The summed E-state index contributed by atoms with van der Waals surface area (Å²) in [6.07, 6.45) is 3.88. The molecule has 2 rings (SSSR count). The summed E-state index contributed by atoms with van der Waals surface area (Å²) in [5.41, 5.74) is 7.25.